The third-order valence-electron chi connectivity index (χ3n) is 5.10. The van der Waals surface area contributed by atoms with Crippen molar-refractivity contribution in [3.8, 4) is 0 Å². The number of nitrogens with one attached hydrogen (secondary N) is 1. The highest BCUT2D eigenvalue weighted by Crippen LogP contribution is 2.17. The van der Waals surface area contributed by atoms with E-state index in [0.717, 1.165) is 11.1 Å². The van der Waals surface area contributed by atoms with E-state index < -0.39 is 16.8 Å². The van der Waals surface area contributed by atoms with Crippen molar-refractivity contribution in [1.29, 1.82) is 0 Å². The summed E-state index contributed by atoms with van der Waals surface area (Å²) >= 11 is 0. The Morgan fingerprint density at radius 3 is 2.65 bits per heavy atom. The van der Waals surface area contributed by atoms with E-state index in [1.807, 2.05) is 39.0 Å². The van der Waals surface area contributed by atoms with Crippen LogP contribution in [0.5, 0.6) is 0 Å². The number of nitrogens with zero attached hydrogens (tertiary/aromatic N) is 6. The minimum Gasteiger partial charge on any atom is -0.354 e. The Hall–Kier alpha value is -3.53. The number of fused-ring (bicyclic) bond motifs is 2. The molecule has 0 unspecified atom stereocenters. The Morgan fingerprint density at radius 2 is 1.94 bits per heavy atom. The molecule has 10 nitrogen and oxygen atoms in total. The van der Waals surface area contributed by atoms with Crippen molar-refractivity contribution in [2.75, 3.05) is 11.9 Å². The summed E-state index contributed by atoms with van der Waals surface area (Å²) in [5.41, 5.74) is 7.67. The highest BCUT2D eigenvalue weighted by molar-refractivity contribution is 5.75. The normalized spacial score (nSPS) is 12.0. The van der Waals surface area contributed by atoms with Crippen molar-refractivity contribution >= 4 is 28.1 Å². The van der Waals surface area contributed by atoms with Crippen LogP contribution in [0.15, 0.2) is 40.2 Å². The van der Waals surface area contributed by atoms with Crippen LogP contribution in [0.2, 0.25) is 0 Å². The van der Waals surface area contributed by atoms with Gasteiger partial charge < -0.3 is 15.6 Å². The Labute approximate surface area is 178 Å². The molecular formula is C21H26N8O2. The average molecular weight is 422 g/mol. The molecule has 0 atom stereocenters. The van der Waals surface area contributed by atoms with E-state index in [9.17, 15) is 9.59 Å². The molecular weight excluding hydrogens is 396 g/mol. The first-order valence-electron chi connectivity index (χ1n) is 10.1. The monoisotopic (exact) mass is 422 g/mol. The molecule has 4 aromatic heterocycles. The van der Waals surface area contributed by atoms with Crippen LogP contribution in [0.3, 0.4) is 0 Å². The van der Waals surface area contributed by atoms with Gasteiger partial charge in [0.1, 0.15) is 0 Å². The van der Waals surface area contributed by atoms with Crippen LogP contribution in [0.4, 0.5) is 5.95 Å². The maximum Gasteiger partial charge on any atom is 0.332 e. The summed E-state index contributed by atoms with van der Waals surface area (Å²) in [5.74, 6) is 0.512. The Bertz CT molecular complexity index is 1390. The zero-order valence-corrected chi connectivity index (χ0v) is 18.1. The summed E-state index contributed by atoms with van der Waals surface area (Å²) in [5, 5.41) is 3.20. The molecule has 0 spiro atoms. The molecule has 10 heteroatoms. The Kier molecular flexibility index (Phi) is 5.10. The lowest BCUT2D eigenvalue weighted by molar-refractivity contribution is 0.545. The molecule has 0 saturated carbocycles. The van der Waals surface area contributed by atoms with Crippen LogP contribution in [0.25, 0.3) is 22.2 Å². The third kappa shape index (κ3) is 3.81. The number of nitrogens with two attached hydrogens (primary N) is 1. The molecule has 4 rings (SSSR count). The minimum atomic E-state index is -0.458. The van der Waals surface area contributed by atoms with Gasteiger partial charge in [-0.1, -0.05) is 0 Å². The highest BCUT2D eigenvalue weighted by atomic mass is 16.2. The average Bonchev–Trinajstić information content (AvgIpc) is 3.12. The van der Waals surface area contributed by atoms with Gasteiger partial charge in [0.2, 0.25) is 5.95 Å². The SMILES string of the molecule is CCn1c(NCC(C)(C)N)nc2c1c(=O)n(Cc1cnc3cccnc3c1)c(=O)n2C. The molecule has 3 N–H and O–H groups in total. The summed E-state index contributed by atoms with van der Waals surface area (Å²) < 4.78 is 4.38. The number of hydrogen-bond donors (Lipinski definition) is 2. The quantitative estimate of drug-likeness (QED) is 0.476. The number of aryl methyl sites for hydroxylation is 2. The predicted octanol–water partition coefficient (Wildman–Crippen LogP) is 1.06. The van der Waals surface area contributed by atoms with E-state index in [4.69, 9.17) is 5.73 Å². The van der Waals surface area contributed by atoms with E-state index in [1.54, 1.807) is 24.0 Å². The van der Waals surface area contributed by atoms with Gasteiger partial charge in [-0.05, 0) is 44.5 Å². The van der Waals surface area contributed by atoms with Gasteiger partial charge in [-0.2, -0.15) is 4.98 Å². The molecule has 0 fully saturated rings. The number of pyridine rings is 2. The lowest BCUT2D eigenvalue weighted by Gasteiger charge is -2.19. The smallest absolute Gasteiger partial charge is 0.332 e. The van der Waals surface area contributed by atoms with Gasteiger partial charge in [0.25, 0.3) is 5.56 Å². The van der Waals surface area contributed by atoms with E-state index in [1.165, 1.54) is 9.13 Å². The fourth-order valence-corrected chi connectivity index (χ4v) is 3.52. The molecule has 0 aromatic carbocycles. The van der Waals surface area contributed by atoms with Crippen LogP contribution < -0.4 is 22.3 Å². The second kappa shape index (κ2) is 7.62. The van der Waals surface area contributed by atoms with E-state index in [2.05, 4.69) is 20.3 Å². The van der Waals surface area contributed by atoms with Gasteiger partial charge in [0, 0.05) is 38.1 Å². The Balaban J connectivity index is 1.84. The molecule has 0 bridgehead atoms. The van der Waals surface area contributed by atoms with E-state index in [-0.39, 0.29) is 6.54 Å². The second-order valence-corrected chi connectivity index (χ2v) is 8.31. The van der Waals surface area contributed by atoms with Gasteiger partial charge in [-0.3, -0.25) is 23.9 Å². The fourth-order valence-electron chi connectivity index (χ4n) is 3.52. The van der Waals surface area contributed by atoms with Gasteiger partial charge in [0.15, 0.2) is 11.2 Å². The molecule has 4 aromatic rings. The highest BCUT2D eigenvalue weighted by Gasteiger charge is 2.21. The number of imidazole rings is 1. The molecule has 31 heavy (non-hydrogen) atoms. The van der Waals surface area contributed by atoms with Crippen LogP contribution in [0.1, 0.15) is 26.3 Å². The summed E-state index contributed by atoms with van der Waals surface area (Å²) in [6.45, 7) is 6.79. The third-order valence-corrected chi connectivity index (χ3v) is 5.10. The van der Waals surface area contributed by atoms with Crippen LogP contribution in [-0.4, -0.2) is 40.7 Å². The molecule has 0 aliphatic rings. The summed E-state index contributed by atoms with van der Waals surface area (Å²) in [6, 6.07) is 5.51. The summed E-state index contributed by atoms with van der Waals surface area (Å²) in [6.07, 6.45) is 3.34. The van der Waals surface area contributed by atoms with Gasteiger partial charge in [-0.25, -0.2) is 4.79 Å². The summed E-state index contributed by atoms with van der Waals surface area (Å²) in [7, 11) is 1.62. The van der Waals surface area contributed by atoms with E-state index >= 15 is 0 Å². The molecule has 0 amide bonds. The lowest BCUT2D eigenvalue weighted by Crippen LogP contribution is -2.40. The van der Waals surface area contributed by atoms with Crippen molar-refractivity contribution in [1.82, 2.24) is 28.7 Å². The van der Waals surface area contributed by atoms with Crippen LogP contribution in [-0.2, 0) is 20.1 Å². The molecule has 0 aliphatic heterocycles. The van der Waals surface area contributed by atoms with Crippen molar-refractivity contribution in [3.05, 3.63) is 57.0 Å². The van der Waals surface area contributed by atoms with Crippen molar-refractivity contribution in [3.63, 3.8) is 0 Å². The molecule has 0 radical (unpaired) electrons. The van der Waals surface area contributed by atoms with Gasteiger partial charge >= 0.3 is 5.69 Å². The number of aromatic nitrogens is 6. The van der Waals surface area contributed by atoms with Gasteiger partial charge in [0.05, 0.1) is 17.6 Å². The maximum absolute atomic E-state index is 13.4. The first-order valence-corrected chi connectivity index (χ1v) is 10.1. The largest absolute Gasteiger partial charge is 0.354 e. The summed E-state index contributed by atoms with van der Waals surface area (Å²) in [4.78, 5) is 39.6. The molecule has 4 heterocycles. The number of anilines is 1. The number of rotatable bonds is 6. The Morgan fingerprint density at radius 1 is 1.16 bits per heavy atom. The van der Waals surface area contributed by atoms with Crippen molar-refractivity contribution in [2.24, 2.45) is 12.8 Å². The predicted molar refractivity (Wildman–Crippen MR) is 120 cm³/mol. The molecule has 0 saturated heterocycles. The molecule has 162 valence electrons. The van der Waals surface area contributed by atoms with Crippen LogP contribution >= 0.6 is 0 Å². The second-order valence-electron chi connectivity index (χ2n) is 8.31. The van der Waals surface area contributed by atoms with E-state index in [0.29, 0.717) is 35.7 Å². The first-order chi connectivity index (χ1) is 14.7. The first kappa shape index (κ1) is 20.7. The number of hydrogen-bond acceptors (Lipinski definition) is 7. The zero-order valence-electron chi connectivity index (χ0n) is 18.1. The maximum atomic E-state index is 13.4. The topological polar surface area (TPSA) is 126 Å². The fraction of sp³-hybridized carbons (Fsp3) is 0.381. The minimum absolute atomic E-state index is 0.0917. The lowest BCUT2D eigenvalue weighted by atomic mass is 10.1. The zero-order chi connectivity index (χ0) is 22.3. The standard InChI is InChI=1S/C21H26N8O2/c1-5-28-16-17(26-19(28)25-12-21(2,3)22)27(4)20(31)29(18(16)30)11-13-9-15-14(24-10-13)7-6-8-23-15/h6-10H,5,11-12,22H2,1-4H3,(H,25,26). The van der Waals surface area contributed by atoms with Crippen LogP contribution in [0, 0.1) is 0 Å². The molecule has 0 aliphatic carbocycles. The van der Waals surface area contributed by atoms with Crippen molar-refractivity contribution in [2.45, 2.75) is 39.4 Å². The van der Waals surface area contributed by atoms with Gasteiger partial charge in [-0.15, -0.1) is 0 Å². The van der Waals surface area contributed by atoms with Crippen molar-refractivity contribution < 1.29 is 0 Å².